The van der Waals surface area contributed by atoms with Crippen LogP contribution in [-0.2, 0) is 97.2 Å². The highest BCUT2D eigenvalue weighted by molar-refractivity contribution is 8.76. The number of guanidine groups is 1. The fourth-order valence-electron chi connectivity index (χ4n) is 14.2. The van der Waals surface area contributed by atoms with E-state index in [9.17, 15) is 97.5 Å². The Hall–Kier alpha value is -12.0. The van der Waals surface area contributed by atoms with Crippen LogP contribution < -0.4 is 43.6 Å². The number of nitrogens with two attached hydrogens (primary N) is 2. The summed E-state index contributed by atoms with van der Waals surface area (Å²) < 4.78 is 47.3. The highest BCUT2D eigenvalue weighted by Crippen LogP contribution is 2.46. The lowest BCUT2D eigenvalue weighted by Gasteiger charge is -2.33. The first-order chi connectivity index (χ1) is 58.7. The summed E-state index contributed by atoms with van der Waals surface area (Å²) >= 11 is 0. The molecule has 3 aromatic heterocycles. The van der Waals surface area contributed by atoms with Gasteiger partial charge in [-0.2, -0.15) is 4.98 Å². The van der Waals surface area contributed by atoms with Crippen LogP contribution in [0, 0.1) is 47.8 Å². The first-order valence-corrected chi connectivity index (χ1v) is 42.3. The van der Waals surface area contributed by atoms with Crippen molar-refractivity contribution in [3.63, 3.8) is 0 Å². The fraction of sp³-hybridized carbons (Fsp3) is 0.531. The van der Waals surface area contributed by atoms with E-state index in [-0.39, 0.29) is 97.4 Å². The largest absolute Gasteiger partial charge is 0.508 e. The van der Waals surface area contributed by atoms with Crippen molar-refractivity contribution in [2.75, 3.05) is 42.8 Å². The minimum absolute atomic E-state index is 0.000861. The number of rotatable bonds is 46. The second kappa shape index (κ2) is 46.0. The van der Waals surface area contributed by atoms with Gasteiger partial charge >= 0.3 is 47.9 Å². The van der Waals surface area contributed by atoms with Gasteiger partial charge in [0.2, 0.25) is 17.8 Å². The number of aryl methyl sites for hydroxylation is 1. The molecule has 16 N–H and O–H groups in total. The van der Waals surface area contributed by atoms with Crippen LogP contribution in [0.3, 0.4) is 0 Å². The van der Waals surface area contributed by atoms with Crippen LogP contribution in [0.2, 0.25) is 0 Å². The van der Waals surface area contributed by atoms with Gasteiger partial charge < -0.3 is 101 Å². The molecule has 1 aromatic carbocycles. The second-order valence-electron chi connectivity index (χ2n) is 30.8. The van der Waals surface area contributed by atoms with Gasteiger partial charge in [-0.05, 0) is 100 Å². The lowest BCUT2D eigenvalue weighted by atomic mass is 9.84. The van der Waals surface area contributed by atoms with Crippen molar-refractivity contribution in [3.8, 4) is 0 Å². The van der Waals surface area contributed by atoms with Crippen LogP contribution in [-0.4, -0.2) is 238 Å². The van der Waals surface area contributed by atoms with Gasteiger partial charge in [0.25, 0.3) is 11.5 Å². The molecule has 1 unspecified atom stereocenters. The number of aromatic amines is 1. The molecule has 8 rings (SSSR count). The van der Waals surface area contributed by atoms with Crippen molar-refractivity contribution in [1.82, 2.24) is 46.2 Å². The summed E-state index contributed by atoms with van der Waals surface area (Å²) in [6.07, 6.45) is 0.531. The van der Waals surface area contributed by atoms with Crippen molar-refractivity contribution in [3.05, 3.63) is 111 Å². The minimum atomic E-state index is -2.01. The van der Waals surface area contributed by atoms with Gasteiger partial charge in [-0.3, -0.25) is 67.9 Å². The van der Waals surface area contributed by atoms with E-state index in [1.807, 2.05) is 58.1 Å². The lowest BCUT2D eigenvalue weighted by molar-refractivity contribution is -0.159. The molecule has 2 bridgehead atoms. The van der Waals surface area contributed by atoms with Crippen LogP contribution in [0.5, 0.6) is 0 Å². The molecule has 124 heavy (non-hydrogen) atoms. The van der Waals surface area contributed by atoms with Crippen molar-refractivity contribution in [2.24, 2.45) is 41.2 Å². The number of aliphatic carboxylic acids is 5. The molecule has 0 saturated carbocycles. The zero-order chi connectivity index (χ0) is 90.8. The van der Waals surface area contributed by atoms with Gasteiger partial charge in [0.05, 0.1) is 79.7 Å². The van der Waals surface area contributed by atoms with Crippen LogP contribution in [0.1, 0.15) is 152 Å². The molecule has 0 spiro atoms. The fourth-order valence-corrected chi connectivity index (χ4v) is 16.3. The number of benzene rings is 1. The number of ether oxygens (including phenoxy) is 7. The van der Waals surface area contributed by atoms with E-state index in [0.717, 1.165) is 32.7 Å². The van der Waals surface area contributed by atoms with Crippen molar-refractivity contribution in [2.45, 2.75) is 204 Å². The number of hydrogen-bond donors (Lipinski definition) is 14. The number of ketones is 3. The number of nitrogens with zero attached hydrogens (tertiary/aromatic N) is 4. The number of nitrogen functional groups attached to an aromatic ring is 1. The van der Waals surface area contributed by atoms with E-state index in [2.05, 4.69) is 51.5 Å². The van der Waals surface area contributed by atoms with Gasteiger partial charge in [-0.25, -0.2) is 29.3 Å². The number of H-pyrrole nitrogens is 1. The summed E-state index contributed by atoms with van der Waals surface area (Å²) in [6, 6.07) is 0.281. The number of fused-ring (bicyclic) bond motifs is 5. The Morgan fingerprint density at radius 2 is 1.46 bits per heavy atom. The molecule has 4 aromatic rings. The monoisotopic (exact) mass is 1770 g/mol. The standard InChI is InChI=1S/C81H103N13O28S2/c1-39(24-50-37-117-43(5)88-50)10-8-11-41(3)68(115-7)42(4)59-34-62(81(6)61(122-81)20-13-40(2)58-25-44(27-66(104)118-58)26-60-69(119-60)77(113)120-59)121-80(114)116-22-23-123-124-38-48(75(109)110)30-57(97)55(33-65(102)103)92-73(107)47(32-64(100)101)29-56(96)53(12-9-21-85-78(82)83)90-72(106)46(31-63(98)99)28-52(95)18-19-54(76(111)112)91-71(105)45-14-16-49(17-15-45)86-35-51-36-87-70-67(89-51)74(108)94-79(84)93-70/h8,10-11,13-17,20,24,36-37,40,42,44,46-48,53-55,58-62,68-69,86H,9,12,18-19,21-23,25-35,38H2,1-7H3,(H,90,106)(H,91,105)(H,92,107)(H,98,99)(H,100,101)(H,102,103)(H,109,110)(H,111,112)(H4,82,83,85)(H3,84,87,93,94,108)/b10-8+,20-13+,39-24+,41-11+/t40-,42+,44+,46+,47+,48+,53+,54+,55+,58-,59+,60+,61-,62?,68+,69-,81+/m1/s1. The number of aromatic nitrogens is 5. The minimum Gasteiger partial charge on any atom is -0.481 e. The molecule has 3 amide bonds. The zero-order valence-electron chi connectivity index (χ0n) is 69.0. The first kappa shape index (κ1) is 97.5. The highest BCUT2D eigenvalue weighted by atomic mass is 33.1. The van der Waals surface area contributed by atoms with E-state index < -0.39 is 230 Å². The number of oxazole rings is 1. The van der Waals surface area contributed by atoms with Gasteiger partial charge in [-0.15, -0.1) is 0 Å². The van der Waals surface area contributed by atoms with Gasteiger partial charge in [0.15, 0.2) is 40.7 Å². The maximum atomic E-state index is 14.3. The molecule has 0 radical (unpaired) electrons. The van der Waals surface area contributed by atoms with Crippen molar-refractivity contribution < 1.29 is 130 Å². The third-order valence-electron chi connectivity index (χ3n) is 21.1. The number of Topliss-reactive ketones (excluding diaryl/α,β-unsaturated/α-hetero) is 3. The predicted octanol–water partition coefficient (Wildman–Crippen LogP) is 4.94. The van der Waals surface area contributed by atoms with Gasteiger partial charge in [-0.1, -0.05) is 65.8 Å². The van der Waals surface area contributed by atoms with Crippen LogP contribution in [0.4, 0.5) is 16.4 Å². The number of nitrogens with one attached hydrogen (secondary N) is 7. The first-order valence-electron chi connectivity index (χ1n) is 39.8. The number of esters is 2. The number of carbonyl (C=O) groups is 14. The summed E-state index contributed by atoms with van der Waals surface area (Å²) in [6.45, 7) is 10.5. The molecule has 3 fully saturated rings. The number of hydrogen-bond acceptors (Lipinski definition) is 32. The van der Waals surface area contributed by atoms with Gasteiger partial charge in [0.1, 0.15) is 60.4 Å². The lowest BCUT2D eigenvalue weighted by Crippen LogP contribution is -2.48. The molecule has 3 saturated heterocycles. The van der Waals surface area contributed by atoms with Crippen molar-refractivity contribution >= 4 is 139 Å². The second-order valence-corrected chi connectivity index (χ2v) is 33.5. The highest BCUT2D eigenvalue weighted by Gasteiger charge is 2.60. The number of cyclic esters (lactones) is 1. The molecule has 4 aliphatic heterocycles. The summed E-state index contributed by atoms with van der Waals surface area (Å²) in [5, 5.41) is 70.0. The Morgan fingerprint density at radius 3 is 2.11 bits per heavy atom. The zero-order valence-corrected chi connectivity index (χ0v) is 70.6. The van der Waals surface area contributed by atoms with E-state index in [1.54, 1.807) is 19.9 Å². The molecule has 41 nitrogen and oxygen atoms in total. The molecule has 7 heterocycles. The average Bonchev–Trinajstić information content (AvgIpc) is 1.59. The molecule has 672 valence electrons. The Bertz CT molecular complexity index is 4790. The predicted molar refractivity (Wildman–Crippen MR) is 442 cm³/mol. The molecular formula is C81H103N13O28S2. The quantitative estimate of drug-likeness (QED) is 0.00320. The molecule has 4 aliphatic rings. The number of amides is 3. The third kappa shape index (κ3) is 30.2. The summed E-state index contributed by atoms with van der Waals surface area (Å²) in [4.78, 5) is 217. The maximum absolute atomic E-state index is 14.3. The number of epoxide rings is 2. The van der Waals surface area contributed by atoms with E-state index in [0.29, 0.717) is 35.8 Å². The smallest absolute Gasteiger partial charge is 0.481 e. The number of anilines is 2. The summed E-state index contributed by atoms with van der Waals surface area (Å²) in [7, 11) is 3.44. The maximum Gasteiger partial charge on any atom is 0.508 e. The average molecular weight is 1770 g/mol. The number of methoxy groups -OCH3 is 1. The van der Waals surface area contributed by atoms with Crippen LogP contribution >= 0.6 is 21.6 Å². The topological polar surface area (TPSA) is 645 Å². The van der Waals surface area contributed by atoms with Crippen LogP contribution in [0.15, 0.2) is 87.5 Å². The SMILES string of the molecule is CO[C@@H](/C(C)=C/C=C/C(C)=C/c1coc(C)n1)[C@@H](C)[C@@H]1CC(OC(=O)OCCSSC[C@H](CC(=O)[C@H](CC(=O)O)NC(=O)[C@H](CC(=O)O)CC(=O)[C@H](CCCNC(=N)N)NC(=O)[C@H](CC(=O)O)CC(=O)CC[C@H](NC(=O)c2ccc(NCc3cnc4nc(N)[nH]c(=O)c4n3)cc2)C(=O)O)C(=O)O)[C@@]2(C)O[C@@H]2/C=C/[C@@H](C)[C@H]2C[C@H](CC(=O)O2)C[C@@H]2O[C@H]2C(=O)O1. The number of carboxylic acids is 5. The van der Waals surface area contributed by atoms with Crippen molar-refractivity contribution in [1.29, 1.82) is 5.41 Å². The number of carboxylic acid groups (broad SMARTS) is 5. The molecule has 0 aliphatic carbocycles. The molecule has 43 heteroatoms. The molecule has 17 atom stereocenters. The van der Waals surface area contributed by atoms with Gasteiger partial charge in [0, 0.05) is 93.7 Å². The van der Waals surface area contributed by atoms with E-state index in [4.69, 9.17) is 54.5 Å². The number of allylic oxidation sites excluding steroid dienone is 4. The van der Waals surface area contributed by atoms with Crippen LogP contribution in [0.25, 0.3) is 17.2 Å². The Labute approximate surface area is 717 Å². The summed E-state index contributed by atoms with van der Waals surface area (Å²) in [5.74, 6) is -22.3. The molecular weight excluding hydrogens is 1670 g/mol. The van der Waals surface area contributed by atoms with E-state index in [1.165, 1.54) is 43.8 Å². The van der Waals surface area contributed by atoms with E-state index >= 15 is 0 Å². The Kier molecular flexibility index (Phi) is 36.1. The third-order valence-corrected chi connectivity index (χ3v) is 23.5. The Morgan fingerprint density at radius 1 is 0.790 bits per heavy atom. The normalized spacial score (nSPS) is 22.3. The Balaban J connectivity index is 0.860. The number of carbonyl (C=O) groups excluding carboxylic acids is 9. The summed E-state index contributed by atoms with van der Waals surface area (Å²) in [5.41, 5.74) is 12.2.